The molecule has 1 saturated carbocycles. The number of carbonyl (C=O) groups is 1. The Bertz CT molecular complexity index is 191. The maximum Gasteiger partial charge on any atom is 0.237 e. The Morgan fingerprint density at radius 3 is 2.54 bits per heavy atom. The molecule has 3 nitrogen and oxygen atoms in total. The minimum Gasteiger partial charge on any atom is -0.354 e. The zero-order chi connectivity index (χ0) is 10.0. The highest BCUT2D eigenvalue weighted by Crippen LogP contribution is 2.36. The zero-order valence-corrected chi connectivity index (χ0v) is 8.71. The van der Waals surface area contributed by atoms with E-state index in [1.54, 1.807) is 0 Å². The number of hydrogen-bond donors (Lipinski definition) is 2. The van der Waals surface area contributed by atoms with Crippen LogP contribution in [0, 0.1) is 17.8 Å². The molecule has 1 aliphatic carbocycles. The fourth-order valence-corrected chi connectivity index (χ4v) is 1.34. The molecule has 2 unspecified atom stereocenters. The van der Waals surface area contributed by atoms with E-state index < -0.39 is 0 Å². The van der Waals surface area contributed by atoms with Gasteiger partial charge >= 0.3 is 0 Å². The number of rotatable bonds is 4. The quantitative estimate of drug-likeness (QED) is 0.677. The largest absolute Gasteiger partial charge is 0.354 e. The smallest absolute Gasteiger partial charge is 0.237 e. The number of nitrogens with two attached hydrogens (primary N) is 1. The summed E-state index contributed by atoms with van der Waals surface area (Å²) in [5, 5.41) is 2.89. The van der Waals surface area contributed by atoms with Crippen LogP contribution >= 0.6 is 0 Å². The monoisotopic (exact) mass is 184 g/mol. The Balaban J connectivity index is 2.17. The van der Waals surface area contributed by atoms with Crippen molar-refractivity contribution >= 4 is 5.91 Å². The molecule has 1 fully saturated rings. The van der Waals surface area contributed by atoms with Gasteiger partial charge in [0, 0.05) is 6.54 Å². The Hall–Kier alpha value is -0.570. The van der Waals surface area contributed by atoms with E-state index in [9.17, 15) is 4.79 Å². The first kappa shape index (κ1) is 10.5. The van der Waals surface area contributed by atoms with Crippen molar-refractivity contribution in [1.82, 2.24) is 5.32 Å². The van der Waals surface area contributed by atoms with E-state index in [-0.39, 0.29) is 17.9 Å². The first-order valence-electron chi connectivity index (χ1n) is 5.05. The fourth-order valence-electron chi connectivity index (χ4n) is 1.34. The molecular weight excluding hydrogens is 164 g/mol. The molecule has 0 aromatic carbocycles. The summed E-state index contributed by atoms with van der Waals surface area (Å²) in [6.07, 6.45) is 1.25. The molecule has 0 heterocycles. The van der Waals surface area contributed by atoms with Crippen molar-refractivity contribution in [2.45, 2.75) is 33.2 Å². The van der Waals surface area contributed by atoms with Gasteiger partial charge in [-0.15, -0.1) is 0 Å². The van der Waals surface area contributed by atoms with E-state index in [4.69, 9.17) is 5.73 Å². The summed E-state index contributed by atoms with van der Waals surface area (Å²) in [5.74, 6) is 1.70. The Morgan fingerprint density at radius 1 is 1.62 bits per heavy atom. The second-order valence-corrected chi connectivity index (χ2v) is 4.49. The SMILES string of the molecule is CC1CC1CNC(=O)[C@H](N)C(C)C. The number of nitrogens with one attached hydrogen (secondary N) is 1. The van der Waals surface area contributed by atoms with Crippen LogP contribution in [0.25, 0.3) is 0 Å². The molecule has 3 N–H and O–H groups in total. The fraction of sp³-hybridized carbons (Fsp3) is 0.900. The normalized spacial score (nSPS) is 28.7. The summed E-state index contributed by atoms with van der Waals surface area (Å²) >= 11 is 0. The van der Waals surface area contributed by atoms with Crippen molar-refractivity contribution in [3.63, 3.8) is 0 Å². The first-order valence-corrected chi connectivity index (χ1v) is 5.05. The van der Waals surface area contributed by atoms with Crippen LogP contribution in [0.3, 0.4) is 0 Å². The van der Waals surface area contributed by atoms with Crippen LogP contribution in [0.4, 0.5) is 0 Å². The van der Waals surface area contributed by atoms with Gasteiger partial charge in [-0.05, 0) is 24.2 Å². The summed E-state index contributed by atoms with van der Waals surface area (Å²) in [5.41, 5.74) is 5.69. The molecule has 3 atom stereocenters. The van der Waals surface area contributed by atoms with Gasteiger partial charge in [0.15, 0.2) is 0 Å². The van der Waals surface area contributed by atoms with Crippen molar-refractivity contribution in [3.05, 3.63) is 0 Å². The lowest BCUT2D eigenvalue weighted by Gasteiger charge is -2.14. The molecule has 0 saturated heterocycles. The predicted octanol–water partition coefficient (Wildman–Crippen LogP) is 0.742. The summed E-state index contributed by atoms with van der Waals surface area (Å²) in [6.45, 7) is 6.94. The lowest BCUT2D eigenvalue weighted by atomic mass is 10.1. The van der Waals surface area contributed by atoms with Gasteiger partial charge in [0.25, 0.3) is 0 Å². The van der Waals surface area contributed by atoms with E-state index in [2.05, 4.69) is 12.2 Å². The van der Waals surface area contributed by atoms with E-state index in [1.165, 1.54) is 6.42 Å². The molecule has 0 radical (unpaired) electrons. The molecular formula is C10H20N2O. The van der Waals surface area contributed by atoms with Crippen LogP contribution in [0.2, 0.25) is 0 Å². The zero-order valence-electron chi connectivity index (χ0n) is 8.71. The van der Waals surface area contributed by atoms with Gasteiger partial charge in [0.1, 0.15) is 0 Å². The van der Waals surface area contributed by atoms with E-state index in [0.717, 1.165) is 12.5 Å². The van der Waals surface area contributed by atoms with Gasteiger partial charge in [-0.25, -0.2) is 0 Å². The van der Waals surface area contributed by atoms with Crippen molar-refractivity contribution < 1.29 is 4.79 Å². The molecule has 13 heavy (non-hydrogen) atoms. The number of amides is 1. The van der Waals surface area contributed by atoms with E-state index in [0.29, 0.717) is 5.92 Å². The lowest BCUT2D eigenvalue weighted by Crippen LogP contribution is -2.44. The van der Waals surface area contributed by atoms with Crippen LogP contribution in [0.5, 0.6) is 0 Å². The highest BCUT2D eigenvalue weighted by molar-refractivity contribution is 5.81. The van der Waals surface area contributed by atoms with Gasteiger partial charge in [-0.1, -0.05) is 20.8 Å². The molecule has 0 aromatic rings. The maximum absolute atomic E-state index is 11.4. The standard InChI is InChI=1S/C10H20N2O/c1-6(2)9(11)10(13)12-5-8-4-7(8)3/h6-9H,4-5,11H2,1-3H3,(H,12,13)/t7?,8?,9-/m1/s1. The van der Waals surface area contributed by atoms with E-state index in [1.807, 2.05) is 13.8 Å². The topological polar surface area (TPSA) is 55.1 Å². The Kier molecular flexibility index (Phi) is 3.31. The average molecular weight is 184 g/mol. The second kappa shape index (κ2) is 4.09. The van der Waals surface area contributed by atoms with Crippen LogP contribution in [-0.2, 0) is 4.79 Å². The molecule has 1 rings (SSSR count). The van der Waals surface area contributed by atoms with Gasteiger partial charge < -0.3 is 11.1 Å². The van der Waals surface area contributed by atoms with Crippen LogP contribution < -0.4 is 11.1 Å². The second-order valence-electron chi connectivity index (χ2n) is 4.49. The minimum atomic E-state index is -0.353. The third-order valence-electron chi connectivity index (χ3n) is 2.84. The van der Waals surface area contributed by atoms with Crippen LogP contribution in [-0.4, -0.2) is 18.5 Å². The average Bonchev–Trinajstić information content (AvgIpc) is 2.76. The molecule has 1 aliphatic rings. The summed E-state index contributed by atoms with van der Waals surface area (Å²) < 4.78 is 0. The van der Waals surface area contributed by atoms with Crippen molar-refractivity contribution in [2.75, 3.05) is 6.54 Å². The highest BCUT2D eigenvalue weighted by atomic mass is 16.2. The van der Waals surface area contributed by atoms with Crippen molar-refractivity contribution in [3.8, 4) is 0 Å². The molecule has 0 aromatic heterocycles. The Morgan fingerprint density at radius 2 is 2.15 bits per heavy atom. The summed E-state index contributed by atoms with van der Waals surface area (Å²) in [6, 6.07) is -0.353. The van der Waals surface area contributed by atoms with Gasteiger partial charge in [-0.3, -0.25) is 4.79 Å². The molecule has 1 amide bonds. The Labute approximate surface area is 80.1 Å². The molecule has 0 aliphatic heterocycles. The number of carbonyl (C=O) groups excluding carboxylic acids is 1. The van der Waals surface area contributed by atoms with Crippen LogP contribution in [0.15, 0.2) is 0 Å². The third kappa shape index (κ3) is 2.99. The van der Waals surface area contributed by atoms with Crippen LogP contribution in [0.1, 0.15) is 27.2 Å². The molecule has 0 bridgehead atoms. The van der Waals surface area contributed by atoms with Gasteiger partial charge in [-0.2, -0.15) is 0 Å². The molecule has 76 valence electrons. The maximum atomic E-state index is 11.4. The minimum absolute atomic E-state index is 0.00546. The van der Waals surface area contributed by atoms with Crippen molar-refractivity contribution in [2.24, 2.45) is 23.5 Å². The predicted molar refractivity (Wildman–Crippen MR) is 53.1 cm³/mol. The first-order chi connectivity index (χ1) is 6.02. The summed E-state index contributed by atoms with van der Waals surface area (Å²) in [7, 11) is 0. The highest BCUT2D eigenvalue weighted by Gasteiger charge is 2.32. The lowest BCUT2D eigenvalue weighted by molar-refractivity contribution is -0.123. The molecule has 3 heteroatoms. The van der Waals surface area contributed by atoms with Crippen molar-refractivity contribution in [1.29, 1.82) is 0 Å². The number of hydrogen-bond acceptors (Lipinski definition) is 2. The third-order valence-corrected chi connectivity index (χ3v) is 2.84. The van der Waals surface area contributed by atoms with E-state index >= 15 is 0 Å². The molecule has 0 spiro atoms. The summed E-state index contributed by atoms with van der Waals surface area (Å²) in [4.78, 5) is 11.4. The van der Waals surface area contributed by atoms with Gasteiger partial charge in [0.2, 0.25) is 5.91 Å². The van der Waals surface area contributed by atoms with Gasteiger partial charge in [0.05, 0.1) is 6.04 Å².